The molecule has 2 atom stereocenters. The summed E-state index contributed by atoms with van der Waals surface area (Å²) < 4.78 is 0. The summed E-state index contributed by atoms with van der Waals surface area (Å²) in [5.74, 6) is 1.43. The van der Waals surface area contributed by atoms with Crippen molar-refractivity contribution in [3.8, 4) is 0 Å². The molecule has 4 nitrogen and oxygen atoms in total. The van der Waals surface area contributed by atoms with Crippen LogP contribution in [-0.4, -0.2) is 36.8 Å². The first-order chi connectivity index (χ1) is 8.74. The molecule has 0 spiro atoms. The topological polar surface area (TPSA) is 48.4 Å². The number of anilines is 1. The van der Waals surface area contributed by atoms with Gasteiger partial charge in [-0.15, -0.1) is 0 Å². The van der Waals surface area contributed by atoms with E-state index in [0.29, 0.717) is 12.0 Å². The van der Waals surface area contributed by atoms with E-state index in [4.69, 9.17) is 0 Å². The number of hydrogen-bond donors (Lipinski definition) is 2. The smallest absolute Gasteiger partial charge is 0.128 e. The Bertz CT molecular complexity index is 366. The number of pyridine rings is 1. The second-order valence-corrected chi connectivity index (χ2v) is 5.10. The number of aliphatic hydroxyl groups excluding tert-OH is 1. The molecule has 2 rings (SSSR count). The molecule has 0 radical (unpaired) electrons. The van der Waals surface area contributed by atoms with Gasteiger partial charge < -0.3 is 15.3 Å². The number of nitrogens with one attached hydrogen (secondary N) is 1. The van der Waals surface area contributed by atoms with Gasteiger partial charge in [-0.3, -0.25) is 0 Å². The van der Waals surface area contributed by atoms with Crippen LogP contribution in [0.15, 0.2) is 18.3 Å². The first-order valence-electron chi connectivity index (χ1n) is 6.73. The molecule has 1 aliphatic rings. The number of hydrogen-bond acceptors (Lipinski definition) is 4. The Morgan fingerprint density at radius 2 is 2.39 bits per heavy atom. The lowest BCUT2D eigenvalue weighted by atomic mass is 9.99. The molecule has 1 aromatic rings. The highest BCUT2D eigenvalue weighted by molar-refractivity contribution is 5.40. The van der Waals surface area contributed by atoms with E-state index in [2.05, 4.69) is 34.3 Å². The van der Waals surface area contributed by atoms with Crippen LogP contribution in [0.5, 0.6) is 0 Å². The van der Waals surface area contributed by atoms with Crippen LogP contribution < -0.4 is 10.2 Å². The summed E-state index contributed by atoms with van der Waals surface area (Å²) in [6, 6.07) is 4.55. The van der Waals surface area contributed by atoms with Crippen molar-refractivity contribution in [1.82, 2.24) is 10.3 Å². The van der Waals surface area contributed by atoms with E-state index >= 15 is 0 Å². The highest BCUT2D eigenvalue weighted by Crippen LogP contribution is 2.22. The average Bonchev–Trinajstić information content (AvgIpc) is 2.46. The first-order valence-corrected chi connectivity index (χ1v) is 6.73. The van der Waals surface area contributed by atoms with Gasteiger partial charge in [0.25, 0.3) is 0 Å². The highest BCUT2D eigenvalue weighted by atomic mass is 16.3. The quantitative estimate of drug-likeness (QED) is 0.850. The lowest BCUT2D eigenvalue weighted by Crippen LogP contribution is -2.37. The van der Waals surface area contributed by atoms with Crippen LogP contribution in [0.25, 0.3) is 0 Å². The van der Waals surface area contributed by atoms with Gasteiger partial charge in [-0.25, -0.2) is 4.98 Å². The number of piperidine rings is 1. The molecule has 2 unspecified atom stereocenters. The van der Waals surface area contributed by atoms with Crippen molar-refractivity contribution in [3.63, 3.8) is 0 Å². The Kier molecular flexibility index (Phi) is 4.55. The van der Waals surface area contributed by atoms with Crippen molar-refractivity contribution in [1.29, 1.82) is 0 Å². The van der Waals surface area contributed by atoms with Gasteiger partial charge in [0.2, 0.25) is 0 Å². The lowest BCUT2D eigenvalue weighted by Gasteiger charge is -2.32. The van der Waals surface area contributed by atoms with Gasteiger partial charge in [-0.05, 0) is 44.4 Å². The Labute approximate surface area is 109 Å². The Morgan fingerprint density at radius 1 is 1.56 bits per heavy atom. The summed E-state index contributed by atoms with van der Waals surface area (Å²) >= 11 is 0. The van der Waals surface area contributed by atoms with Gasteiger partial charge in [0.1, 0.15) is 5.82 Å². The monoisotopic (exact) mass is 249 g/mol. The molecule has 0 aliphatic carbocycles. The van der Waals surface area contributed by atoms with Gasteiger partial charge >= 0.3 is 0 Å². The van der Waals surface area contributed by atoms with E-state index in [1.54, 1.807) is 0 Å². The SMILES string of the molecule is CNC(C)c1ccc(N2CCCC(CO)C2)nc1. The van der Waals surface area contributed by atoms with Gasteiger partial charge in [0.15, 0.2) is 0 Å². The number of aromatic nitrogens is 1. The molecule has 18 heavy (non-hydrogen) atoms. The third-order valence-corrected chi connectivity index (χ3v) is 3.80. The third-order valence-electron chi connectivity index (χ3n) is 3.80. The molecular weight excluding hydrogens is 226 g/mol. The van der Waals surface area contributed by atoms with Crippen LogP contribution in [0.2, 0.25) is 0 Å². The average molecular weight is 249 g/mol. The molecule has 0 amide bonds. The van der Waals surface area contributed by atoms with E-state index in [9.17, 15) is 5.11 Å². The minimum Gasteiger partial charge on any atom is -0.396 e. The molecule has 1 saturated heterocycles. The van der Waals surface area contributed by atoms with Gasteiger partial charge in [0.05, 0.1) is 0 Å². The maximum atomic E-state index is 9.25. The van der Waals surface area contributed by atoms with Crippen molar-refractivity contribution in [2.45, 2.75) is 25.8 Å². The molecule has 4 heteroatoms. The predicted octanol–water partition coefficient (Wildman–Crippen LogP) is 1.57. The fourth-order valence-electron chi connectivity index (χ4n) is 2.43. The van der Waals surface area contributed by atoms with E-state index in [-0.39, 0.29) is 6.61 Å². The maximum absolute atomic E-state index is 9.25. The molecule has 1 fully saturated rings. The predicted molar refractivity (Wildman–Crippen MR) is 73.7 cm³/mol. The van der Waals surface area contributed by atoms with Gasteiger partial charge in [-0.1, -0.05) is 6.07 Å². The largest absolute Gasteiger partial charge is 0.396 e. The fourth-order valence-corrected chi connectivity index (χ4v) is 2.43. The van der Waals surface area contributed by atoms with Crippen molar-refractivity contribution in [2.75, 3.05) is 31.6 Å². The van der Waals surface area contributed by atoms with Crippen molar-refractivity contribution < 1.29 is 5.11 Å². The maximum Gasteiger partial charge on any atom is 0.128 e. The zero-order valence-corrected chi connectivity index (χ0v) is 11.3. The van der Waals surface area contributed by atoms with E-state index in [0.717, 1.165) is 31.7 Å². The van der Waals surface area contributed by atoms with Gasteiger partial charge in [-0.2, -0.15) is 0 Å². The summed E-state index contributed by atoms with van der Waals surface area (Å²) in [7, 11) is 1.95. The van der Waals surface area contributed by atoms with Crippen molar-refractivity contribution in [3.05, 3.63) is 23.9 Å². The Morgan fingerprint density at radius 3 is 3.00 bits per heavy atom. The van der Waals surface area contributed by atoms with Crippen molar-refractivity contribution >= 4 is 5.82 Å². The summed E-state index contributed by atoms with van der Waals surface area (Å²) in [5.41, 5.74) is 1.21. The number of aliphatic hydroxyl groups is 1. The lowest BCUT2D eigenvalue weighted by molar-refractivity contribution is 0.208. The molecule has 1 aromatic heterocycles. The minimum absolute atomic E-state index is 0.283. The van der Waals surface area contributed by atoms with Crippen molar-refractivity contribution in [2.24, 2.45) is 5.92 Å². The zero-order chi connectivity index (χ0) is 13.0. The molecule has 2 heterocycles. The Balaban J connectivity index is 2.04. The van der Waals surface area contributed by atoms with E-state index in [1.807, 2.05) is 13.2 Å². The summed E-state index contributed by atoms with van der Waals surface area (Å²) in [4.78, 5) is 6.82. The fraction of sp³-hybridized carbons (Fsp3) is 0.643. The van der Waals surface area contributed by atoms with Crippen LogP contribution >= 0.6 is 0 Å². The van der Waals surface area contributed by atoms with Crippen LogP contribution in [0.3, 0.4) is 0 Å². The summed E-state index contributed by atoms with van der Waals surface area (Å²) in [5, 5.41) is 12.5. The number of nitrogens with zero attached hydrogens (tertiary/aromatic N) is 2. The first kappa shape index (κ1) is 13.3. The normalized spacial score (nSPS) is 21.9. The third kappa shape index (κ3) is 3.00. The standard InChI is InChI=1S/C14H23N3O/c1-11(15-2)13-5-6-14(16-8-13)17-7-3-4-12(9-17)10-18/h5-6,8,11-12,15,18H,3-4,7,9-10H2,1-2H3. The van der Waals surface area contributed by atoms with Crippen LogP contribution in [0.4, 0.5) is 5.82 Å². The molecule has 0 bridgehead atoms. The van der Waals surface area contributed by atoms with Crippen LogP contribution in [0.1, 0.15) is 31.4 Å². The molecule has 0 aromatic carbocycles. The van der Waals surface area contributed by atoms with Gasteiger partial charge in [0, 0.05) is 31.9 Å². The Hall–Kier alpha value is -1.13. The van der Waals surface area contributed by atoms with E-state index < -0.39 is 0 Å². The molecule has 2 N–H and O–H groups in total. The summed E-state index contributed by atoms with van der Waals surface area (Å²) in [6.45, 7) is 4.37. The second kappa shape index (κ2) is 6.16. The van der Waals surface area contributed by atoms with E-state index in [1.165, 1.54) is 5.56 Å². The minimum atomic E-state index is 0.283. The number of rotatable bonds is 4. The summed E-state index contributed by atoms with van der Waals surface area (Å²) in [6.07, 6.45) is 4.21. The molecule has 0 saturated carbocycles. The molecular formula is C14H23N3O. The highest BCUT2D eigenvalue weighted by Gasteiger charge is 2.20. The second-order valence-electron chi connectivity index (χ2n) is 5.10. The zero-order valence-electron chi connectivity index (χ0n) is 11.3. The molecule has 1 aliphatic heterocycles. The molecule has 100 valence electrons. The van der Waals surface area contributed by atoms with Crippen LogP contribution in [-0.2, 0) is 0 Å². The van der Waals surface area contributed by atoms with Crippen LogP contribution in [0, 0.1) is 5.92 Å².